The Balaban J connectivity index is 1.23. The molecule has 2 heterocycles. The quantitative estimate of drug-likeness (QED) is 0.370. The van der Waals surface area contributed by atoms with Gasteiger partial charge in [-0.15, -0.1) is 0 Å². The number of likely N-dealkylation sites (tertiary alicyclic amines) is 1. The fourth-order valence-corrected chi connectivity index (χ4v) is 5.51. The van der Waals surface area contributed by atoms with Crippen molar-refractivity contribution in [2.24, 2.45) is 5.41 Å². The lowest BCUT2D eigenvalue weighted by Crippen LogP contribution is -2.49. The van der Waals surface area contributed by atoms with Gasteiger partial charge in [0.25, 0.3) is 5.91 Å². The lowest BCUT2D eigenvalue weighted by Gasteiger charge is -2.42. The molecule has 6 nitrogen and oxygen atoms in total. The number of rotatable bonds is 8. The maximum atomic E-state index is 13.6. The van der Waals surface area contributed by atoms with E-state index in [9.17, 15) is 14.0 Å². The number of carbonyl (C=O) groups is 2. The van der Waals surface area contributed by atoms with E-state index in [1.807, 2.05) is 29.2 Å². The van der Waals surface area contributed by atoms with Gasteiger partial charge in [0.1, 0.15) is 17.3 Å². The highest BCUT2D eigenvalue weighted by atomic mass is 35.5. The van der Waals surface area contributed by atoms with E-state index >= 15 is 0 Å². The Bertz CT molecular complexity index is 1330. The number of fused-ring (bicyclic) bond motifs is 1. The van der Waals surface area contributed by atoms with Gasteiger partial charge in [0.2, 0.25) is 5.91 Å². The van der Waals surface area contributed by atoms with Gasteiger partial charge in [0.15, 0.2) is 6.61 Å². The van der Waals surface area contributed by atoms with Crippen molar-refractivity contribution in [3.63, 3.8) is 0 Å². The van der Waals surface area contributed by atoms with Gasteiger partial charge >= 0.3 is 0 Å². The number of hydrogen-bond donors (Lipinski definition) is 0. The normalized spacial score (nSPS) is 16.4. The standard InChI is InChI=1S/C31H32ClFN2O4/c32-25-7-3-9-27(17-25)39-22-31(19-29(36)35-14-11-23-5-1-2-6-24(23)20-35)12-15-34(16-13-31)30(37)21-38-28-10-4-8-26(33)18-28/h1-10,17-18H,11-16,19-22H2. The number of amides is 2. The van der Waals surface area contributed by atoms with E-state index in [1.165, 1.54) is 23.3 Å². The summed E-state index contributed by atoms with van der Waals surface area (Å²) in [6.45, 7) is 2.47. The summed E-state index contributed by atoms with van der Waals surface area (Å²) < 4.78 is 25.1. The lowest BCUT2D eigenvalue weighted by atomic mass is 9.75. The Kier molecular flexibility index (Phi) is 8.36. The predicted molar refractivity (Wildman–Crippen MR) is 147 cm³/mol. The molecule has 2 aliphatic heterocycles. The monoisotopic (exact) mass is 550 g/mol. The summed E-state index contributed by atoms with van der Waals surface area (Å²) in [7, 11) is 0. The Hall–Kier alpha value is -3.58. The van der Waals surface area contributed by atoms with E-state index in [0.29, 0.717) is 68.6 Å². The number of piperidine rings is 1. The SMILES string of the molecule is O=C(COc1cccc(F)c1)N1CCC(COc2cccc(Cl)c2)(CC(=O)N2CCc3ccccc3C2)CC1. The van der Waals surface area contributed by atoms with Crippen LogP contribution in [0.5, 0.6) is 11.5 Å². The summed E-state index contributed by atoms with van der Waals surface area (Å²) in [6.07, 6.45) is 2.43. The first-order chi connectivity index (χ1) is 18.9. The molecule has 1 saturated heterocycles. The molecule has 2 aliphatic rings. The summed E-state index contributed by atoms with van der Waals surface area (Å²) in [6, 6.07) is 21.3. The first-order valence-electron chi connectivity index (χ1n) is 13.3. The van der Waals surface area contributed by atoms with Gasteiger partial charge in [-0.2, -0.15) is 0 Å². The van der Waals surface area contributed by atoms with Crippen molar-refractivity contribution >= 4 is 23.4 Å². The Morgan fingerprint density at radius 3 is 2.28 bits per heavy atom. The molecule has 1 fully saturated rings. The van der Waals surface area contributed by atoms with Crippen molar-refractivity contribution < 1.29 is 23.5 Å². The van der Waals surface area contributed by atoms with E-state index in [4.69, 9.17) is 21.1 Å². The summed E-state index contributed by atoms with van der Waals surface area (Å²) >= 11 is 6.15. The second-order valence-corrected chi connectivity index (χ2v) is 10.8. The van der Waals surface area contributed by atoms with Gasteiger partial charge < -0.3 is 19.3 Å². The van der Waals surface area contributed by atoms with Crippen molar-refractivity contribution in [1.82, 2.24) is 9.80 Å². The molecule has 0 unspecified atom stereocenters. The second-order valence-electron chi connectivity index (χ2n) is 10.4. The van der Waals surface area contributed by atoms with Gasteiger partial charge in [-0.25, -0.2) is 4.39 Å². The molecule has 0 bridgehead atoms. The third kappa shape index (κ3) is 6.90. The third-order valence-corrected chi connectivity index (χ3v) is 7.92. The second kappa shape index (κ2) is 12.1. The maximum absolute atomic E-state index is 13.6. The minimum absolute atomic E-state index is 0.105. The van der Waals surface area contributed by atoms with Crippen molar-refractivity contribution in [1.29, 1.82) is 0 Å². The van der Waals surface area contributed by atoms with E-state index < -0.39 is 11.2 Å². The summed E-state index contributed by atoms with van der Waals surface area (Å²) in [5.74, 6) is 0.502. The van der Waals surface area contributed by atoms with Gasteiger partial charge in [-0.05, 0) is 60.7 Å². The summed E-state index contributed by atoms with van der Waals surface area (Å²) in [5.41, 5.74) is 2.07. The van der Waals surface area contributed by atoms with E-state index in [2.05, 4.69) is 12.1 Å². The fourth-order valence-electron chi connectivity index (χ4n) is 5.33. The van der Waals surface area contributed by atoms with Crippen LogP contribution in [0.1, 0.15) is 30.4 Å². The van der Waals surface area contributed by atoms with Crippen LogP contribution in [0.4, 0.5) is 4.39 Å². The lowest BCUT2D eigenvalue weighted by molar-refractivity contribution is -0.139. The molecule has 0 saturated carbocycles. The maximum Gasteiger partial charge on any atom is 0.260 e. The van der Waals surface area contributed by atoms with Gasteiger partial charge in [-0.3, -0.25) is 9.59 Å². The Labute approximate surface area is 233 Å². The van der Waals surface area contributed by atoms with Crippen LogP contribution in [0.2, 0.25) is 5.02 Å². The Morgan fingerprint density at radius 1 is 0.821 bits per heavy atom. The molecule has 8 heteroatoms. The van der Waals surface area contributed by atoms with Gasteiger partial charge in [0.05, 0.1) is 6.61 Å². The minimum Gasteiger partial charge on any atom is -0.493 e. The third-order valence-electron chi connectivity index (χ3n) is 7.69. The highest BCUT2D eigenvalue weighted by Crippen LogP contribution is 2.37. The smallest absolute Gasteiger partial charge is 0.260 e. The molecule has 0 spiro atoms. The van der Waals surface area contributed by atoms with Crippen LogP contribution in [-0.4, -0.2) is 54.5 Å². The molecule has 2 amide bonds. The number of nitrogens with zero attached hydrogens (tertiary/aromatic N) is 2. The average molecular weight is 551 g/mol. The zero-order valence-corrected chi connectivity index (χ0v) is 22.5. The molecule has 3 aromatic carbocycles. The molecule has 5 rings (SSSR count). The molecular formula is C31H32ClFN2O4. The number of ether oxygens (including phenoxy) is 2. The molecule has 0 radical (unpaired) electrons. The molecule has 0 atom stereocenters. The molecule has 204 valence electrons. The van der Waals surface area contributed by atoms with E-state index in [1.54, 1.807) is 29.2 Å². The van der Waals surface area contributed by atoms with Crippen LogP contribution >= 0.6 is 11.6 Å². The van der Waals surface area contributed by atoms with Gasteiger partial charge in [0, 0.05) is 49.1 Å². The van der Waals surface area contributed by atoms with Crippen LogP contribution in [0, 0.1) is 11.2 Å². The first kappa shape index (κ1) is 27.0. The van der Waals surface area contributed by atoms with Crippen molar-refractivity contribution in [2.45, 2.75) is 32.2 Å². The van der Waals surface area contributed by atoms with Crippen LogP contribution in [0.15, 0.2) is 72.8 Å². The van der Waals surface area contributed by atoms with Crippen LogP contribution in [0.3, 0.4) is 0 Å². The predicted octanol–water partition coefficient (Wildman–Crippen LogP) is 5.52. The van der Waals surface area contributed by atoms with Crippen molar-refractivity contribution in [2.75, 3.05) is 32.8 Å². The van der Waals surface area contributed by atoms with Crippen molar-refractivity contribution in [3.05, 3.63) is 94.8 Å². The summed E-state index contributed by atoms with van der Waals surface area (Å²) in [5, 5.41) is 0.586. The van der Waals surface area contributed by atoms with Crippen LogP contribution in [0.25, 0.3) is 0 Å². The van der Waals surface area contributed by atoms with E-state index in [0.717, 1.165) is 6.42 Å². The molecule has 0 aromatic heterocycles. The minimum atomic E-state index is -0.420. The zero-order valence-electron chi connectivity index (χ0n) is 21.8. The first-order valence-corrected chi connectivity index (χ1v) is 13.7. The average Bonchev–Trinajstić information content (AvgIpc) is 2.95. The van der Waals surface area contributed by atoms with E-state index in [-0.39, 0.29) is 18.4 Å². The Morgan fingerprint density at radius 2 is 1.54 bits per heavy atom. The highest BCUT2D eigenvalue weighted by molar-refractivity contribution is 6.30. The molecule has 0 aliphatic carbocycles. The summed E-state index contributed by atoms with van der Waals surface area (Å²) in [4.78, 5) is 30.1. The number of hydrogen-bond acceptors (Lipinski definition) is 4. The highest BCUT2D eigenvalue weighted by Gasteiger charge is 2.40. The number of benzene rings is 3. The van der Waals surface area contributed by atoms with Crippen LogP contribution in [-0.2, 0) is 22.6 Å². The topological polar surface area (TPSA) is 59.1 Å². The molecule has 39 heavy (non-hydrogen) atoms. The molecule has 3 aromatic rings. The van der Waals surface area contributed by atoms with Crippen LogP contribution < -0.4 is 9.47 Å². The molecular weight excluding hydrogens is 519 g/mol. The zero-order chi connectivity index (χ0) is 27.2. The van der Waals surface area contributed by atoms with Crippen molar-refractivity contribution in [3.8, 4) is 11.5 Å². The largest absolute Gasteiger partial charge is 0.493 e. The number of halogens is 2. The molecule has 0 N–H and O–H groups in total. The fraction of sp³-hybridized carbons (Fsp3) is 0.355. The van der Waals surface area contributed by atoms with Gasteiger partial charge in [-0.1, -0.05) is 48.0 Å². The number of carbonyl (C=O) groups excluding carboxylic acids is 2.